The predicted molar refractivity (Wildman–Crippen MR) is 40.8 cm³/mol. The first-order valence-corrected chi connectivity index (χ1v) is 3.28. The smallest absolute Gasteiger partial charge is 0.348 e. The van der Waals surface area contributed by atoms with Crippen molar-refractivity contribution >= 4 is 17.6 Å². The van der Waals surface area contributed by atoms with Crippen LogP contribution in [-0.2, 0) is 4.79 Å². The van der Waals surface area contributed by atoms with Crippen LogP contribution in [0.2, 0.25) is 0 Å². The quantitative estimate of drug-likeness (QED) is 0.488. The fourth-order valence-corrected chi connectivity index (χ4v) is 0.919. The van der Waals surface area contributed by atoms with Gasteiger partial charge in [0.05, 0.1) is 0 Å². The van der Waals surface area contributed by atoms with Crippen molar-refractivity contribution < 1.29 is 9.90 Å². The molecule has 1 atom stereocenters. The Labute approximate surface area is 68.3 Å². The second kappa shape index (κ2) is 2.56. The number of nitrogens with two attached hydrogens (primary N) is 1. The van der Waals surface area contributed by atoms with Gasteiger partial charge < -0.3 is 10.4 Å². The lowest BCUT2D eigenvalue weighted by molar-refractivity contribution is -0.142. The number of hydrogen-bond acceptors (Lipinski definition) is 3. The van der Waals surface area contributed by atoms with Crippen molar-refractivity contribution in [2.75, 3.05) is 0 Å². The minimum Gasteiger partial charge on any atom is -0.478 e. The van der Waals surface area contributed by atoms with E-state index in [2.05, 4.69) is 5.32 Å². The van der Waals surface area contributed by atoms with Gasteiger partial charge in [0.15, 0.2) is 0 Å². The van der Waals surface area contributed by atoms with Crippen molar-refractivity contribution in [3.8, 4) is 0 Å². The van der Waals surface area contributed by atoms with Gasteiger partial charge in [0, 0.05) is 0 Å². The molecule has 0 aromatic heterocycles. The van der Waals surface area contributed by atoms with E-state index in [9.17, 15) is 4.79 Å². The van der Waals surface area contributed by atoms with Gasteiger partial charge in [-0.15, -0.1) is 0 Å². The number of hydrogen-bond donors (Lipinski definition) is 3. The van der Waals surface area contributed by atoms with E-state index < -0.39 is 11.6 Å². The molecular weight excluding hydrogens is 168 g/mol. The number of nitrogens with one attached hydrogen (secondary N) is 1. The summed E-state index contributed by atoms with van der Waals surface area (Å²) in [5.74, 6) is -1.17. The highest BCUT2D eigenvalue weighted by Gasteiger charge is 2.32. The zero-order valence-electron chi connectivity index (χ0n) is 5.54. The van der Waals surface area contributed by atoms with Crippen molar-refractivity contribution in [3.63, 3.8) is 0 Å². The molecule has 4 N–H and O–H groups in total. The molecule has 5 heteroatoms. The monoisotopic (exact) mass is 174 g/mol. The fourth-order valence-electron chi connectivity index (χ4n) is 0.690. The molecule has 1 rings (SSSR count). The van der Waals surface area contributed by atoms with E-state index in [0.717, 1.165) is 0 Å². The molecule has 1 aliphatic heterocycles. The van der Waals surface area contributed by atoms with Gasteiger partial charge in [-0.3, -0.25) is 5.73 Å². The van der Waals surface area contributed by atoms with Crippen LogP contribution in [0.4, 0.5) is 0 Å². The van der Waals surface area contributed by atoms with Gasteiger partial charge in [0.2, 0.25) is 5.66 Å². The van der Waals surface area contributed by atoms with Gasteiger partial charge in [-0.2, -0.15) is 0 Å². The lowest BCUT2D eigenvalue weighted by Crippen LogP contribution is -2.57. The SMILES string of the molecule is NC1(C(=O)O)C=CC=C(Cl)N1. The Kier molecular flexibility index (Phi) is 1.89. The third kappa shape index (κ3) is 1.53. The number of carboxylic acid groups (broad SMARTS) is 1. The summed E-state index contributed by atoms with van der Waals surface area (Å²) >= 11 is 5.50. The lowest BCUT2D eigenvalue weighted by Gasteiger charge is -2.24. The Hall–Kier alpha value is -1.00. The molecule has 0 saturated carbocycles. The number of aliphatic carboxylic acids is 1. The van der Waals surface area contributed by atoms with Crippen LogP contribution in [0.25, 0.3) is 0 Å². The van der Waals surface area contributed by atoms with Gasteiger partial charge in [0.25, 0.3) is 0 Å². The van der Waals surface area contributed by atoms with Gasteiger partial charge in [-0.25, -0.2) is 4.79 Å². The molecule has 0 radical (unpaired) electrons. The van der Waals surface area contributed by atoms with E-state index in [1.807, 2.05) is 0 Å². The molecule has 11 heavy (non-hydrogen) atoms. The summed E-state index contributed by atoms with van der Waals surface area (Å²) in [6.45, 7) is 0. The highest BCUT2D eigenvalue weighted by molar-refractivity contribution is 6.29. The maximum atomic E-state index is 10.5. The Balaban J connectivity index is 2.86. The third-order valence-corrected chi connectivity index (χ3v) is 1.50. The average molecular weight is 175 g/mol. The molecule has 1 unspecified atom stereocenters. The fraction of sp³-hybridized carbons (Fsp3) is 0.167. The van der Waals surface area contributed by atoms with Crippen LogP contribution in [0.3, 0.4) is 0 Å². The van der Waals surface area contributed by atoms with Crippen LogP contribution in [0.5, 0.6) is 0 Å². The Bertz CT molecular complexity index is 249. The molecule has 60 valence electrons. The summed E-state index contributed by atoms with van der Waals surface area (Å²) in [5.41, 5.74) is 3.81. The molecule has 0 aromatic rings. The maximum absolute atomic E-state index is 10.5. The van der Waals surface area contributed by atoms with Crippen LogP contribution < -0.4 is 11.1 Å². The number of halogens is 1. The molecule has 0 saturated heterocycles. The van der Waals surface area contributed by atoms with E-state index in [-0.39, 0.29) is 5.16 Å². The number of rotatable bonds is 1. The van der Waals surface area contributed by atoms with Gasteiger partial charge >= 0.3 is 5.97 Å². The first kappa shape index (κ1) is 8.10. The molecule has 0 spiro atoms. The molecular formula is C6H7ClN2O2. The minimum absolute atomic E-state index is 0.220. The van der Waals surface area contributed by atoms with Crippen LogP contribution >= 0.6 is 11.6 Å². The Morgan fingerprint density at radius 1 is 1.82 bits per heavy atom. The number of allylic oxidation sites excluding steroid dienone is 2. The van der Waals surface area contributed by atoms with E-state index in [1.54, 1.807) is 0 Å². The van der Waals surface area contributed by atoms with Crippen LogP contribution in [0.15, 0.2) is 23.4 Å². The summed E-state index contributed by atoms with van der Waals surface area (Å²) in [4.78, 5) is 10.5. The first-order valence-electron chi connectivity index (χ1n) is 2.90. The second-order valence-electron chi connectivity index (χ2n) is 2.17. The van der Waals surface area contributed by atoms with Crippen molar-refractivity contribution in [2.45, 2.75) is 5.66 Å². The molecule has 0 aliphatic carbocycles. The topological polar surface area (TPSA) is 75.4 Å². The standard InChI is InChI=1S/C6H7ClN2O2/c7-4-2-1-3-6(8,9-4)5(10)11/h1-3,9H,8H2,(H,10,11). The summed E-state index contributed by atoms with van der Waals surface area (Å²) < 4.78 is 0. The van der Waals surface area contributed by atoms with E-state index in [4.69, 9.17) is 22.4 Å². The normalized spacial score (nSPS) is 29.1. The molecule has 0 amide bonds. The lowest BCUT2D eigenvalue weighted by atomic mass is 10.1. The summed E-state index contributed by atoms with van der Waals surface area (Å²) in [6.07, 6.45) is 4.34. The van der Waals surface area contributed by atoms with Gasteiger partial charge in [-0.1, -0.05) is 17.7 Å². The van der Waals surface area contributed by atoms with Crippen molar-refractivity contribution in [1.82, 2.24) is 5.32 Å². The molecule has 0 aromatic carbocycles. The number of carboxylic acids is 1. The highest BCUT2D eigenvalue weighted by atomic mass is 35.5. The third-order valence-electron chi connectivity index (χ3n) is 1.28. The maximum Gasteiger partial charge on any atom is 0.348 e. The Morgan fingerprint density at radius 3 is 2.82 bits per heavy atom. The molecule has 1 heterocycles. The summed E-state index contributed by atoms with van der Waals surface area (Å²) in [7, 11) is 0. The zero-order chi connectivity index (χ0) is 8.48. The average Bonchev–Trinajstić information content (AvgIpc) is 1.86. The van der Waals surface area contributed by atoms with Gasteiger partial charge in [0.1, 0.15) is 5.16 Å². The van der Waals surface area contributed by atoms with Crippen LogP contribution in [-0.4, -0.2) is 16.7 Å². The number of dihydropyridines is 1. The van der Waals surface area contributed by atoms with Gasteiger partial charge in [-0.05, 0) is 12.2 Å². The first-order chi connectivity index (χ1) is 5.04. The molecule has 0 bridgehead atoms. The molecule has 4 nitrogen and oxygen atoms in total. The highest BCUT2D eigenvalue weighted by Crippen LogP contribution is 2.11. The minimum atomic E-state index is -1.56. The van der Waals surface area contributed by atoms with Crippen molar-refractivity contribution in [2.24, 2.45) is 5.73 Å². The summed E-state index contributed by atoms with van der Waals surface area (Å²) in [6, 6.07) is 0. The van der Waals surface area contributed by atoms with E-state index >= 15 is 0 Å². The summed E-state index contributed by atoms with van der Waals surface area (Å²) in [5, 5.41) is 11.2. The zero-order valence-corrected chi connectivity index (χ0v) is 6.30. The van der Waals surface area contributed by atoms with Crippen LogP contribution in [0.1, 0.15) is 0 Å². The van der Waals surface area contributed by atoms with Crippen molar-refractivity contribution in [3.05, 3.63) is 23.4 Å². The van der Waals surface area contributed by atoms with E-state index in [1.165, 1.54) is 18.2 Å². The predicted octanol–water partition coefficient (Wildman–Crippen LogP) is -0.0344. The van der Waals surface area contributed by atoms with E-state index in [0.29, 0.717) is 0 Å². The molecule has 1 aliphatic rings. The molecule has 0 fully saturated rings. The van der Waals surface area contributed by atoms with Crippen LogP contribution in [0, 0.1) is 0 Å². The largest absolute Gasteiger partial charge is 0.478 e. The number of carbonyl (C=O) groups is 1. The Morgan fingerprint density at radius 2 is 2.45 bits per heavy atom. The second-order valence-corrected chi connectivity index (χ2v) is 2.58. The van der Waals surface area contributed by atoms with Crippen molar-refractivity contribution in [1.29, 1.82) is 0 Å².